The zero-order chi connectivity index (χ0) is 23.8. The Morgan fingerprint density at radius 2 is 1.76 bits per heavy atom. The van der Waals surface area contributed by atoms with Gasteiger partial charge in [0, 0.05) is 12.1 Å². The lowest BCUT2D eigenvalue weighted by atomic mass is 9.85. The number of benzene rings is 1. The van der Waals surface area contributed by atoms with Crippen LogP contribution in [0.15, 0.2) is 24.3 Å². The predicted molar refractivity (Wildman–Crippen MR) is 126 cm³/mol. The normalized spacial score (nSPS) is 25.2. The molecule has 1 aromatic carbocycles. The highest BCUT2D eigenvalue weighted by atomic mass is 16.5. The van der Waals surface area contributed by atoms with E-state index in [0.29, 0.717) is 24.4 Å². The molecule has 7 heteroatoms. The molecule has 3 aliphatic rings. The average Bonchev–Trinajstić information content (AvgIpc) is 3.39. The molecule has 3 saturated heterocycles. The van der Waals surface area contributed by atoms with Crippen molar-refractivity contribution in [1.82, 2.24) is 15.1 Å². The fourth-order valence-corrected chi connectivity index (χ4v) is 5.36. The maximum absolute atomic E-state index is 13.5. The van der Waals surface area contributed by atoms with Crippen molar-refractivity contribution in [2.45, 2.75) is 71.1 Å². The van der Waals surface area contributed by atoms with E-state index in [0.717, 1.165) is 32.5 Å². The Morgan fingerprint density at radius 3 is 2.36 bits per heavy atom. The molecule has 4 rings (SSSR count). The van der Waals surface area contributed by atoms with E-state index < -0.39 is 17.5 Å². The molecule has 3 fully saturated rings. The van der Waals surface area contributed by atoms with E-state index in [4.69, 9.17) is 4.74 Å². The molecule has 1 aromatic rings. The maximum atomic E-state index is 13.5. The van der Waals surface area contributed by atoms with Crippen molar-refractivity contribution in [1.29, 1.82) is 0 Å². The fraction of sp³-hybridized carbons (Fsp3) is 0.654. The van der Waals surface area contributed by atoms with E-state index in [1.165, 1.54) is 5.56 Å². The number of ether oxygens (including phenoxy) is 1. The number of Topliss-reactive ketones (excluding diaryl/α,β-unsaturated/α-hetero) is 1. The van der Waals surface area contributed by atoms with Gasteiger partial charge in [-0.15, -0.1) is 0 Å². The first-order valence-corrected chi connectivity index (χ1v) is 12.3. The first-order valence-electron chi connectivity index (χ1n) is 12.3. The molecule has 0 bridgehead atoms. The summed E-state index contributed by atoms with van der Waals surface area (Å²) < 4.78 is 5.53. The highest BCUT2D eigenvalue weighted by Crippen LogP contribution is 2.31. The summed E-state index contributed by atoms with van der Waals surface area (Å²) in [6.07, 6.45) is 2.72. The topological polar surface area (TPSA) is 79.0 Å². The van der Waals surface area contributed by atoms with Crippen molar-refractivity contribution in [2.24, 2.45) is 5.41 Å². The first-order chi connectivity index (χ1) is 15.7. The second-order valence-electron chi connectivity index (χ2n) is 10.7. The second-order valence-corrected chi connectivity index (χ2v) is 10.7. The minimum atomic E-state index is -0.727. The zero-order valence-corrected chi connectivity index (χ0v) is 20.3. The lowest BCUT2D eigenvalue weighted by Crippen LogP contribution is -2.57. The van der Waals surface area contributed by atoms with Gasteiger partial charge in [-0.3, -0.25) is 14.4 Å². The third-order valence-electron chi connectivity index (χ3n) is 7.46. The van der Waals surface area contributed by atoms with Crippen LogP contribution >= 0.6 is 0 Å². The Bertz CT molecular complexity index is 884. The van der Waals surface area contributed by atoms with Gasteiger partial charge in [-0.2, -0.15) is 0 Å². The van der Waals surface area contributed by atoms with Crippen LogP contribution in [0.2, 0.25) is 0 Å². The number of amides is 2. The summed E-state index contributed by atoms with van der Waals surface area (Å²) in [5.74, 6) is 0.00941. The van der Waals surface area contributed by atoms with Gasteiger partial charge in [0.15, 0.2) is 5.78 Å². The van der Waals surface area contributed by atoms with Crippen LogP contribution in [0, 0.1) is 5.41 Å². The van der Waals surface area contributed by atoms with Gasteiger partial charge in [0.2, 0.25) is 5.91 Å². The van der Waals surface area contributed by atoms with Crippen molar-refractivity contribution >= 4 is 17.6 Å². The maximum Gasteiger partial charge on any atom is 0.251 e. The standard InChI is InChI=1S/C26H37N3O4/c1-5-28-13-10-18(11-14-28)17-6-8-19(9-7-17)24(31)27-23(26(2,3)4)25(32)29-15-12-21-22(29)20(30)16-33-21/h6-9,18,21-23H,5,10-16H2,1-4H3,(H,27,31)/t21-,22-,23-/m1/s1. The minimum absolute atomic E-state index is 0.0507. The Labute approximate surface area is 196 Å². The number of nitrogens with one attached hydrogen (secondary N) is 1. The van der Waals surface area contributed by atoms with Crippen molar-refractivity contribution in [3.63, 3.8) is 0 Å². The molecule has 0 aromatic heterocycles. The lowest BCUT2D eigenvalue weighted by Gasteiger charge is -2.35. The molecule has 0 radical (unpaired) electrons. The van der Waals surface area contributed by atoms with Gasteiger partial charge in [0.25, 0.3) is 5.91 Å². The van der Waals surface area contributed by atoms with Crippen LogP contribution in [0.5, 0.6) is 0 Å². The highest BCUT2D eigenvalue weighted by Gasteiger charge is 2.49. The number of rotatable bonds is 5. The van der Waals surface area contributed by atoms with Crippen LogP contribution in [0.25, 0.3) is 0 Å². The van der Waals surface area contributed by atoms with Gasteiger partial charge in [0.1, 0.15) is 18.7 Å². The van der Waals surface area contributed by atoms with Gasteiger partial charge >= 0.3 is 0 Å². The number of fused-ring (bicyclic) bond motifs is 1. The molecule has 3 aliphatic heterocycles. The molecule has 2 amide bonds. The van der Waals surface area contributed by atoms with E-state index in [1.807, 2.05) is 32.9 Å². The summed E-state index contributed by atoms with van der Waals surface area (Å²) in [5, 5.41) is 2.97. The molecule has 7 nitrogen and oxygen atoms in total. The molecular formula is C26H37N3O4. The molecule has 0 aliphatic carbocycles. The van der Waals surface area contributed by atoms with Crippen LogP contribution in [0.3, 0.4) is 0 Å². The summed E-state index contributed by atoms with van der Waals surface area (Å²) in [7, 11) is 0. The summed E-state index contributed by atoms with van der Waals surface area (Å²) in [4.78, 5) is 42.9. The number of carbonyl (C=O) groups excluding carboxylic acids is 3. The van der Waals surface area contributed by atoms with Gasteiger partial charge in [0.05, 0.1) is 6.10 Å². The van der Waals surface area contributed by atoms with Gasteiger partial charge < -0.3 is 19.9 Å². The molecule has 33 heavy (non-hydrogen) atoms. The quantitative estimate of drug-likeness (QED) is 0.738. The van der Waals surface area contributed by atoms with E-state index in [2.05, 4.69) is 29.3 Å². The van der Waals surface area contributed by atoms with Gasteiger partial charge in [-0.25, -0.2) is 0 Å². The van der Waals surface area contributed by atoms with Gasteiger partial charge in [-0.1, -0.05) is 39.8 Å². The van der Waals surface area contributed by atoms with E-state index in [9.17, 15) is 14.4 Å². The fourth-order valence-electron chi connectivity index (χ4n) is 5.36. The van der Waals surface area contributed by atoms with Crippen LogP contribution in [-0.4, -0.2) is 78.4 Å². The largest absolute Gasteiger partial charge is 0.368 e. The van der Waals surface area contributed by atoms with Crippen LogP contribution < -0.4 is 5.32 Å². The second kappa shape index (κ2) is 9.55. The number of carbonyl (C=O) groups is 3. The molecule has 0 unspecified atom stereocenters. The Kier molecular flexibility index (Phi) is 6.91. The Hall–Kier alpha value is -2.25. The number of nitrogens with zero attached hydrogens (tertiary/aromatic N) is 2. The summed E-state index contributed by atoms with van der Waals surface area (Å²) >= 11 is 0. The molecule has 0 saturated carbocycles. The van der Waals surface area contributed by atoms with Crippen LogP contribution in [0.1, 0.15) is 68.8 Å². The number of likely N-dealkylation sites (tertiary alicyclic amines) is 2. The van der Waals surface area contributed by atoms with Gasteiger partial charge in [-0.05, 0) is 67.9 Å². The van der Waals surface area contributed by atoms with Crippen molar-refractivity contribution in [3.05, 3.63) is 35.4 Å². The lowest BCUT2D eigenvalue weighted by molar-refractivity contribution is -0.140. The predicted octanol–water partition coefficient (Wildman–Crippen LogP) is 2.60. The third kappa shape index (κ3) is 4.99. The molecule has 3 atom stereocenters. The average molecular weight is 456 g/mol. The van der Waals surface area contributed by atoms with Crippen molar-refractivity contribution in [3.8, 4) is 0 Å². The number of hydrogen-bond donors (Lipinski definition) is 1. The molecule has 180 valence electrons. The number of piperidine rings is 1. The zero-order valence-electron chi connectivity index (χ0n) is 20.3. The van der Waals surface area contributed by atoms with Crippen molar-refractivity contribution in [2.75, 3.05) is 32.8 Å². The highest BCUT2D eigenvalue weighted by molar-refractivity contribution is 5.99. The number of hydrogen-bond acceptors (Lipinski definition) is 5. The third-order valence-corrected chi connectivity index (χ3v) is 7.46. The van der Waals surface area contributed by atoms with E-state index in [-0.39, 0.29) is 30.3 Å². The Morgan fingerprint density at radius 1 is 1.09 bits per heavy atom. The molecule has 0 spiro atoms. The molecular weight excluding hydrogens is 418 g/mol. The molecule has 3 heterocycles. The van der Waals surface area contributed by atoms with Crippen molar-refractivity contribution < 1.29 is 19.1 Å². The summed E-state index contributed by atoms with van der Waals surface area (Å²) in [6.45, 7) is 11.9. The molecule has 1 N–H and O–H groups in total. The van der Waals surface area contributed by atoms with Crippen LogP contribution in [0.4, 0.5) is 0 Å². The SMILES string of the molecule is CCN1CCC(c2ccc(C(=O)N[C@H](C(=O)N3CC[C@H]4OCC(=O)[C@H]43)C(C)(C)C)cc2)CC1. The smallest absolute Gasteiger partial charge is 0.251 e. The minimum Gasteiger partial charge on any atom is -0.368 e. The summed E-state index contributed by atoms with van der Waals surface area (Å²) in [6, 6.07) is 6.58. The number of ketones is 1. The Balaban J connectivity index is 1.43. The summed E-state index contributed by atoms with van der Waals surface area (Å²) in [5.41, 5.74) is 1.32. The van der Waals surface area contributed by atoms with E-state index >= 15 is 0 Å². The first kappa shape index (κ1) is 23.9. The monoisotopic (exact) mass is 455 g/mol. The van der Waals surface area contributed by atoms with Crippen LogP contribution in [-0.2, 0) is 14.3 Å². The van der Waals surface area contributed by atoms with E-state index in [1.54, 1.807) is 4.90 Å².